The van der Waals surface area contributed by atoms with Crippen molar-refractivity contribution in [2.45, 2.75) is 155 Å². The molecule has 328 valence electrons. The smallest absolute Gasteiger partial charge is 0.217 e. The first kappa shape index (κ1) is 61.9. The Balaban J connectivity index is -0.000000467. The van der Waals surface area contributed by atoms with Crippen LogP contribution < -0.4 is 48.0 Å². The van der Waals surface area contributed by atoms with Gasteiger partial charge in [0.05, 0.1) is 26.7 Å². The van der Waals surface area contributed by atoms with Crippen molar-refractivity contribution in [2.24, 2.45) is 0 Å². The minimum Gasteiger partial charge on any atom is -1.00 e. The molecule has 0 bridgehead atoms. The highest BCUT2D eigenvalue weighted by Crippen LogP contribution is 2.27. The van der Waals surface area contributed by atoms with Crippen LogP contribution >= 0.6 is 0 Å². The van der Waals surface area contributed by atoms with Gasteiger partial charge in [-0.1, -0.05) is 174 Å². The van der Waals surface area contributed by atoms with E-state index in [4.69, 9.17) is 0 Å². The number of unbranched alkanes of at least 4 members (excludes halogenated alkanes) is 16. The summed E-state index contributed by atoms with van der Waals surface area (Å²) in [6.07, 6.45) is 44.2. The number of likely N-dealkylation sites (N-methyl/N-ethyl adjacent to an activating group) is 2. The van der Waals surface area contributed by atoms with Gasteiger partial charge in [0.2, 0.25) is 6.17 Å². The SMILES string of the molecule is C=CCN(CC=C)C(CCCCCCCCCCC)N(CC=C)CC=C.C=CC[N+](C)(CC=C)C(CCCCCCCCCCC)[N+](C)(CC=C)CC=C.[I-].[I-]. The number of halogens is 2. The van der Waals surface area contributed by atoms with E-state index in [1.807, 2.05) is 24.3 Å². The molecule has 6 heteroatoms. The molecule has 0 unspecified atom stereocenters. The number of quaternary nitrogens is 2. The third-order valence-corrected chi connectivity index (χ3v) is 11.1. The van der Waals surface area contributed by atoms with Crippen molar-refractivity contribution in [1.29, 1.82) is 0 Å². The van der Waals surface area contributed by atoms with Gasteiger partial charge >= 0.3 is 0 Å². The van der Waals surface area contributed by atoms with Gasteiger partial charge < -0.3 is 48.0 Å². The molecule has 0 rings (SSSR count). The molecule has 4 nitrogen and oxygen atoms in total. The van der Waals surface area contributed by atoms with Gasteiger partial charge in [-0.15, -0.1) is 26.3 Å². The van der Waals surface area contributed by atoms with Gasteiger partial charge in [-0.2, -0.15) is 0 Å². The van der Waals surface area contributed by atoms with E-state index in [0.717, 1.165) is 61.3 Å². The second kappa shape index (κ2) is 43.8. The topological polar surface area (TPSA) is 6.48 Å². The first-order valence-electron chi connectivity index (χ1n) is 22.2. The number of hydrogen-bond donors (Lipinski definition) is 0. The van der Waals surface area contributed by atoms with Gasteiger partial charge in [-0.05, 0) is 37.1 Å². The molecule has 0 atom stereocenters. The maximum absolute atomic E-state index is 4.04. The molecule has 0 aromatic rings. The van der Waals surface area contributed by atoms with Crippen LogP contribution in [0, 0.1) is 0 Å². The molecular weight excluding hydrogens is 910 g/mol. The highest BCUT2D eigenvalue weighted by molar-refractivity contribution is 4.89. The first-order chi connectivity index (χ1) is 26.2. The van der Waals surface area contributed by atoms with Crippen molar-refractivity contribution in [2.75, 3.05) is 66.5 Å². The van der Waals surface area contributed by atoms with Crippen LogP contribution in [-0.4, -0.2) is 97.6 Å². The Morgan fingerprint density at radius 3 is 0.875 bits per heavy atom. The number of rotatable bonds is 40. The lowest BCUT2D eigenvalue weighted by Crippen LogP contribution is -3.00. The van der Waals surface area contributed by atoms with E-state index in [1.54, 1.807) is 0 Å². The fourth-order valence-corrected chi connectivity index (χ4v) is 8.28. The molecule has 0 fully saturated rings. The quantitative estimate of drug-likeness (QED) is 0.0207. The summed E-state index contributed by atoms with van der Waals surface area (Å²) in [6, 6.07) is 0. The van der Waals surface area contributed by atoms with Crippen molar-refractivity contribution in [3.63, 3.8) is 0 Å². The molecule has 0 saturated heterocycles. The van der Waals surface area contributed by atoms with E-state index < -0.39 is 0 Å². The summed E-state index contributed by atoms with van der Waals surface area (Å²) in [5.41, 5.74) is 0. The van der Waals surface area contributed by atoms with Crippen molar-refractivity contribution >= 4 is 0 Å². The van der Waals surface area contributed by atoms with E-state index in [2.05, 4.69) is 115 Å². The van der Waals surface area contributed by atoms with Gasteiger partial charge in [0.25, 0.3) is 0 Å². The summed E-state index contributed by atoms with van der Waals surface area (Å²) in [6.45, 7) is 43.9. The molecule has 0 aromatic carbocycles. The third kappa shape index (κ3) is 30.3. The van der Waals surface area contributed by atoms with E-state index in [-0.39, 0.29) is 48.0 Å². The van der Waals surface area contributed by atoms with Crippen LogP contribution in [0.25, 0.3) is 0 Å². The largest absolute Gasteiger partial charge is 1.00 e. The molecule has 0 aliphatic rings. The molecule has 0 N–H and O–H groups in total. The van der Waals surface area contributed by atoms with Crippen molar-refractivity contribution in [3.8, 4) is 0 Å². The molecule has 56 heavy (non-hydrogen) atoms. The fraction of sp³-hybridized carbons (Fsp3) is 0.680. The van der Waals surface area contributed by atoms with Gasteiger partial charge in [-0.3, -0.25) is 18.8 Å². The number of nitrogens with zero attached hydrogens (tertiary/aromatic N) is 4. The van der Waals surface area contributed by atoms with Crippen molar-refractivity contribution in [3.05, 3.63) is 101 Å². The van der Waals surface area contributed by atoms with E-state index in [1.165, 1.54) is 128 Å². The molecular formula is C50H94I2N4. The van der Waals surface area contributed by atoms with Crippen LogP contribution in [0.3, 0.4) is 0 Å². The fourth-order valence-electron chi connectivity index (χ4n) is 8.28. The normalized spacial score (nSPS) is 11.3. The number of hydrogen-bond acceptors (Lipinski definition) is 2. The monoisotopic (exact) mass is 1000 g/mol. The zero-order valence-electron chi connectivity index (χ0n) is 37.8. The van der Waals surface area contributed by atoms with Gasteiger partial charge in [0, 0.05) is 26.2 Å². The molecule has 0 radical (unpaired) electrons. The summed E-state index contributed by atoms with van der Waals surface area (Å²) in [5.74, 6) is 0. The minimum absolute atomic E-state index is 0. The van der Waals surface area contributed by atoms with Gasteiger partial charge in [0.1, 0.15) is 26.2 Å². The molecule has 0 aromatic heterocycles. The van der Waals surface area contributed by atoms with Crippen LogP contribution in [0.15, 0.2) is 101 Å². The Labute approximate surface area is 386 Å². The van der Waals surface area contributed by atoms with E-state index in [0.29, 0.717) is 12.3 Å². The summed E-state index contributed by atoms with van der Waals surface area (Å²) in [4.78, 5) is 4.91. The zero-order chi connectivity index (χ0) is 40.8. The lowest BCUT2D eigenvalue weighted by atomic mass is 10.0. The summed E-state index contributed by atoms with van der Waals surface area (Å²) < 4.78 is 1.92. The van der Waals surface area contributed by atoms with Crippen LogP contribution in [0.5, 0.6) is 0 Å². The van der Waals surface area contributed by atoms with Gasteiger partial charge in [-0.25, -0.2) is 0 Å². The standard InChI is InChI=1S/C26H50N2.C24H44N2.2HI/c1-8-13-14-15-16-17-18-19-20-21-26(27(6,22-9-2)23-10-3)28(7,24-11-4)25-12-5;1-6-11-12-13-14-15-16-17-18-19-24(25(20-7-2)21-8-3)26(22-9-4)23-10-5;;/h9-12,26H,2-5,8,13-25H2,1,6-7H3;7-10,24H,2-6,11-23H2,1H3;2*1H/q+2;;;/p-2. The Bertz CT molecular complexity index is 869. The van der Waals surface area contributed by atoms with Crippen molar-refractivity contribution in [1.82, 2.24) is 9.80 Å². The lowest BCUT2D eigenvalue weighted by molar-refractivity contribution is -1.11. The molecule has 0 heterocycles. The third-order valence-electron chi connectivity index (χ3n) is 11.1. The molecule has 0 spiro atoms. The Hall–Kier alpha value is -0.780. The highest BCUT2D eigenvalue weighted by atomic mass is 127. The Kier molecular flexibility index (Phi) is 48.4. The van der Waals surface area contributed by atoms with Gasteiger partial charge in [0.15, 0.2) is 0 Å². The molecule has 0 amide bonds. The first-order valence-corrected chi connectivity index (χ1v) is 22.2. The average Bonchev–Trinajstić information content (AvgIpc) is 3.14. The summed E-state index contributed by atoms with van der Waals surface area (Å²) in [5, 5.41) is 0. The van der Waals surface area contributed by atoms with Crippen LogP contribution in [-0.2, 0) is 0 Å². The van der Waals surface area contributed by atoms with Crippen molar-refractivity contribution < 1.29 is 56.9 Å². The maximum atomic E-state index is 4.04. The van der Waals surface area contributed by atoms with E-state index >= 15 is 0 Å². The maximum Gasteiger partial charge on any atom is 0.217 e. The minimum atomic E-state index is 0. The lowest BCUT2D eigenvalue weighted by Gasteiger charge is -2.49. The summed E-state index contributed by atoms with van der Waals surface area (Å²) >= 11 is 0. The molecule has 0 aliphatic heterocycles. The predicted molar refractivity (Wildman–Crippen MR) is 248 cm³/mol. The highest BCUT2D eigenvalue weighted by Gasteiger charge is 2.43. The molecule has 0 saturated carbocycles. The van der Waals surface area contributed by atoms with E-state index in [9.17, 15) is 0 Å². The predicted octanol–water partition coefficient (Wildman–Crippen LogP) is 7.46. The summed E-state index contributed by atoms with van der Waals surface area (Å²) in [7, 11) is 4.73. The second-order valence-electron chi connectivity index (χ2n) is 16.1. The average molecular weight is 1010 g/mol. The Morgan fingerprint density at radius 1 is 0.375 bits per heavy atom. The van der Waals surface area contributed by atoms with Crippen LogP contribution in [0.1, 0.15) is 142 Å². The van der Waals surface area contributed by atoms with Crippen LogP contribution in [0.4, 0.5) is 0 Å². The second-order valence-corrected chi connectivity index (χ2v) is 16.1. The van der Waals surface area contributed by atoms with Crippen LogP contribution in [0.2, 0.25) is 0 Å². The molecule has 0 aliphatic carbocycles. The zero-order valence-corrected chi connectivity index (χ0v) is 42.1. The Morgan fingerprint density at radius 2 is 0.625 bits per heavy atom.